The number of aliphatic hydroxyl groups is 2. The van der Waals surface area contributed by atoms with Gasteiger partial charge in [0.05, 0.1) is 14.2 Å². The van der Waals surface area contributed by atoms with Gasteiger partial charge in [0.15, 0.2) is 28.6 Å². The molecule has 0 aliphatic heterocycles. The molecule has 2 aromatic rings. The molecule has 0 unspecified atom stereocenters. The smallest absolute Gasteiger partial charge is 0.336 e. The van der Waals surface area contributed by atoms with Crippen molar-refractivity contribution in [2.75, 3.05) is 20.8 Å². The number of carbonyl (C=O) groups is 1. The number of phenols is 2. The van der Waals surface area contributed by atoms with Crippen LogP contribution in [-0.4, -0.2) is 57.9 Å². The van der Waals surface area contributed by atoms with Gasteiger partial charge in [-0.05, 0) is 41.8 Å². The maximum absolute atomic E-state index is 11.9. The summed E-state index contributed by atoms with van der Waals surface area (Å²) in [6, 6.07) is 8.73. The fraction of sp³-hybridized carbons (Fsp3) is 0.350. The monoisotopic (exact) mass is 392 g/mol. The second-order valence-electron chi connectivity index (χ2n) is 6.50. The quantitative estimate of drug-likeness (QED) is 0.431. The Hall–Kier alpha value is -2.97. The van der Waals surface area contributed by atoms with Crippen molar-refractivity contribution in [1.29, 1.82) is 0 Å². The van der Waals surface area contributed by atoms with Crippen LogP contribution in [0.25, 0.3) is 0 Å². The largest absolute Gasteiger partial charge is 0.504 e. The lowest BCUT2D eigenvalue weighted by molar-refractivity contribution is -0.167. The first-order chi connectivity index (χ1) is 13.2. The van der Waals surface area contributed by atoms with Crippen LogP contribution in [0.3, 0.4) is 0 Å². The molecule has 0 fully saturated rings. The third-order valence-electron chi connectivity index (χ3n) is 4.71. The number of ether oxygens (including phenoxy) is 2. The minimum absolute atomic E-state index is 0.0329. The van der Waals surface area contributed by atoms with Crippen molar-refractivity contribution >= 4 is 5.97 Å². The fourth-order valence-corrected chi connectivity index (χ4v) is 3.06. The van der Waals surface area contributed by atoms with E-state index in [0.29, 0.717) is 11.1 Å². The summed E-state index contributed by atoms with van der Waals surface area (Å²) < 4.78 is 10.1. The molecule has 0 spiro atoms. The lowest BCUT2D eigenvalue weighted by Gasteiger charge is -2.32. The maximum atomic E-state index is 11.9. The van der Waals surface area contributed by atoms with Crippen molar-refractivity contribution in [3.8, 4) is 23.0 Å². The van der Waals surface area contributed by atoms with E-state index in [1.807, 2.05) is 0 Å². The molecule has 0 aliphatic carbocycles. The number of carboxylic acid groups (broad SMARTS) is 1. The zero-order valence-corrected chi connectivity index (χ0v) is 15.6. The highest BCUT2D eigenvalue weighted by molar-refractivity contribution is 5.78. The first-order valence-corrected chi connectivity index (χ1v) is 8.53. The van der Waals surface area contributed by atoms with Crippen molar-refractivity contribution in [1.82, 2.24) is 0 Å². The molecule has 0 radical (unpaired) electrons. The first kappa shape index (κ1) is 21.3. The lowest BCUT2D eigenvalue weighted by atomic mass is 9.79. The molecule has 0 bridgehead atoms. The number of aliphatic hydroxyl groups excluding tert-OH is 1. The van der Waals surface area contributed by atoms with Crippen LogP contribution in [0.2, 0.25) is 0 Å². The minimum Gasteiger partial charge on any atom is -0.504 e. The number of hydrogen-bond acceptors (Lipinski definition) is 7. The Balaban J connectivity index is 2.34. The van der Waals surface area contributed by atoms with Crippen LogP contribution in [0.5, 0.6) is 23.0 Å². The van der Waals surface area contributed by atoms with Crippen molar-refractivity contribution in [2.45, 2.75) is 18.4 Å². The van der Waals surface area contributed by atoms with Crippen LogP contribution in [0, 0.1) is 5.92 Å². The molecule has 0 saturated carbocycles. The van der Waals surface area contributed by atoms with E-state index in [4.69, 9.17) is 9.47 Å². The second-order valence-corrected chi connectivity index (χ2v) is 6.50. The Morgan fingerprint density at radius 1 is 1.00 bits per heavy atom. The lowest BCUT2D eigenvalue weighted by Crippen LogP contribution is -2.50. The molecule has 2 aromatic carbocycles. The van der Waals surface area contributed by atoms with E-state index >= 15 is 0 Å². The fourth-order valence-electron chi connectivity index (χ4n) is 3.06. The van der Waals surface area contributed by atoms with Gasteiger partial charge in [0, 0.05) is 18.9 Å². The summed E-state index contributed by atoms with van der Waals surface area (Å²) in [5.74, 6) is -2.36. The van der Waals surface area contributed by atoms with E-state index in [1.54, 1.807) is 6.07 Å². The van der Waals surface area contributed by atoms with E-state index in [1.165, 1.54) is 44.6 Å². The Bertz CT molecular complexity index is 835. The highest BCUT2D eigenvalue weighted by Crippen LogP contribution is 2.33. The highest BCUT2D eigenvalue weighted by atomic mass is 16.5. The summed E-state index contributed by atoms with van der Waals surface area (Å²) in [6.45, 7) is -0.582. The van der Waals surface area contributed by atoms with Crippen LogP contribution < -0.4 is 9.47 Å². The van der Waals surface area contributed by atoms with Gasteiger partial charge in [-0.2, -0.15) is 0 Å². The SMILES string of the molecule is COc1cc(C[C@@H](CO)[C@@](O)(Cc2ccc(O)c(OC)c2)C(=O)O)ccc1O. The molecule has 2 rings (SSSR count). The van der Waals surface area contributed by atoms with E-state index in [9.17, 15) is 30.3 Å². The number of phenolic OH excluding ortho intramolecular Hbond substituents is 2. The van der Waals surface area contributed by atoms with Crippen molar-refractivity contribution < 1.29 is 39.8 Å². The molecule has 5 N–H and O–H groups in total. The van der Waals surface area contributed by atoms with Crippen LogP contribution >= 0.6 is 0 Å². The number of benzene rings is 2. The second kappa shape index (κ2) is 8.81. The average Bonchev–Trinajstić information content (AvgIpc) is 2.68. The van der Waals surface area contributed by atoms with Gasteiger partial charge in [0.1, 0.15) is 0 Å². The summed E-state index contributed by atoms with van der Waals surface area (Å²) in [5.41, 5.74) is -1.28. The average molecular weight is 392 g/mol. The molecule has 0 aromatic heterocycles. The summed E-state index contributed by atoms with van der Waals surface area (Å²) >= 11 is 0. The molecule has 0 saturated heterocycles. The minimum atomic E-state index is -2.28. The van der Waals surface area contributed by atoms with Gasteiger partial charge in [-0.1, -0.05) is 12.1 Å². The van der Waals surface area contributed by atoms with Gasteiger partial charge in [-0.3, -0.25) is 0 Å². The molecule has 0 heterocycles. The van der Waals surface area contributed by atoms with Crippen molar-refractivity contribution in [3.63, 3.8) is 0 Å². The zero-order chi connectivity index (χ0) is 20.9. The van der Waals surface area contributed by atoms with Gasteiger partial charge in [0.2, 0.25) is 0 Å². The van der Waals surface area contributed by atoms with E-state index in [-0.39, 0.29) is 35.8 Å². The summed E-state index contributed by atoms with van der Waals surface area (Å²) in [7, 11) is 2.74. The number of hydrogen-bond donors (Lipinski definition) is 5. The van der Waals surface area contributed by atoms with Gasteiger partial charge >= 0.3 is 5.97 Å². The number of aliphatic carboxylic acids is 1. The standard InChI is InChI=1S/C20H24O8/c1-27-17-8-12(3-5-15(17)22)7-14(11-21)20(26,19(24)25)10-13-4-6-16(23)18(9-13)28-2/h3-6,8-9,14,21-23,26H,7,10-11H2,1-2H3,(H,24,25)/t14-,20-/m0/s1. The maximum Gasteiger partial charge on any atom is 0.336 e. The molecule has 152 valence electrons. The van der Waals surface area contributed by atoms with Crippen LogP contribution in [-0.2, 0) is 17.6 Å². The highest BCUT2D eigenvalue weighted by Gasteiger charge is 2.44. The Morgan fingerprint density at radius 2 is 1.50 bits per heavy atom. The molecular weight excluding hydrogens is 368 g/mol. The van der Waals surface area contributed by atoms with Crippen molar-refractivity contribution in [3.05, 3.63) is 47.5 Å². The Morgan fingerprint density at radius 3 is 1.96 bits per heavy atom. The van der Waals surface area contributed by atoms with Crippen LogP contribution in [0.15, 0.2) is 36.4 Å². The number of carboxylic acids is 1. The first-order valence-electron chi connectivity index (χ1n) is 8.53. The summed E-state index contributed by atoms with van der Waals surface area (Å²) in [5, 5.41) is 49.8. The van der Waals surface area contributed by atoms with E-state index in [2.05, 4.69) is 0 Å². The summed E-state index contributed by atoms with van der Waals surface area (Å²) in [6.07, 6.45) is -0.273. The molecule has 28 heavy (non-hydrogen) atoms. The number of rotatable bonds is 9. The van der Waals surface area contributed by atoms with Gasteiger partial charge in [0.25, 0.3) is 0 Å². The molecule has 2 atom stereocenters. The third kappa shape index (κ3) is 4.47. The molecule has 8 nitrogen and oxygen atoms in total. The molecular formula is C20H24O8. The van der Waals surface area contributed by atoms with E-state index < -0.39 is 24.1 Å². The van der Waals surface area contributed by atoms with E-state index in [0.717, 1.165) is 0 Å². The predicted molar refractivity (Wildman–Crippen MR) is 99.9 cm³/mol. The van der Waals surface area contributed by atoms with Crippen LogP contribution in [0.1, 0.15) is 11.1 Å². The Kier molecular flexibility index (Phi) is 6.71. The normalized spacial score (nSPS) is 14.1. The third-order valence-corrected chi connectivity index (χ3v) is 4.71. The number of methoxy groups -OCH3 is 2. The molecule has 0 amide bonds. The van der Waals surface area contributed by atoms with Crippen LogP contribution in [0.4, 0.5) is 0 Å². The molecule has 0 aliphatic rings. The predicted octanol–water partition coefficient (Wildman–Crippen LogP) is 1.32. The number of aromatic hydroxyl groups is 2. The van der Waals surface area contributed by atoms with Gasteiger partial charge in [-0.25, -0.2) is 4.79 Å². The van der Waals surface area contributed by atoms with Gasteiger partial charge < -0.3 is 35.0 Å². The van der Waals surface area contributed by atoms with Gasteiger partial charge in [-0.15, -0.1) is 0 Å². The molecule has 8 heteroatoms. The summed E-state index contributed by atoms with van der Waals surface area (Å²) in [4.78, 5) is 11.9. The Labute approximate surface area is 162 Å². The topological polar surface area (TPSA) is 137 Å². The van der Waals surface area contributed by atoms with Crippen molar-refractivity contribution in [2.24, 2.45) is 5.92 Å². The zero-order valence-electron chi connectivity index (χ0n) is 15.6.